The van der Waals surface area contributed by atoms with E-state index in [9.17, 15) is 47.9 Å². The normalized spacial score (nSPS) is 13.2. The van der Waals surface area contributed by atoms with Gasteiger partial charge in [0.1, 0.15) is 11.5 Å². The molecule has 0 atom stereocenters. The fourth-order valence-corrected chi connectivity index (χ4v) is 11.6. The van der Waals surface area contributed by atoms with Crippen LogP contribution >= 0.6 is 0 Å². The molecule has 0 aromatic heterocycles. The molecule has 103 heavy (non-hydrogen) atoms. The van der Waals surface area contributed by atoms with Crippen molar-refractivity contribution >= 4 is 59.7 Å². The van der Waals surface area contributed by atoms with Crippen molar-refractivity contribution in [1.82, 2.24) is 0 Å². The quantitative estimate of drug-likeness (QED) is 0.0196. The van der Waals surface area contributed by atoms with Gasteiger partial charge in [-0.1, -0.05) is 51.3 Å². The van der Waals surface area contributed by atoms with Gasteiger partial charge < -0.3 is 52.1 Å². The van der Waals surface area contributed by atoms with Crippen molar-refractivity contribution in [2.24, 2.45) is 5.92 Å². The number of carbonyl (C=O) groups excluding carboxylic acids is 10. The van der Waals surface area contributed by atoms with E-state index in [1.54, 1.807) is 31.2 Å². The van der Waals surface area contributed by atoms with E-state index in [4.69, 9.17) is 52.1 Å². The van der Waals surface area contributed by atoms with E-state index in [2.05, 4.69) is 25.6 Å². The Hall–Kier alpha value is -7.32. The van der Waals surface area contributed by atoms with Crippen LogP contribution in [0, 0.1) is 5.92 Å². The molecule has 2 aromatic carbocycles. The summed E-state index contributed by atoms with van der Waals surface area (Å²) in [5.41, 5.74) is 2.16. The van der Waals surface area contributed by atoms with Gasteiger partial charge in [0.25, 0.3) is 0 Å². The van der Waals surface area contributed by atoms with Crippen molar-refractivity contribution in [3.63, 3.8) is 0 Å². The molecule has 1 fully saturated rings. The van der Waals surface area contributed by atoms with Crippen LogP contribution in [0.4, 0.5) is 0 Å². The molecule has 3 rings (SSSR count). The van der Waals surface area contributed by atoms with E-state index >= 15 is 0 Å². The number of ether oxygens (including phenoxy) is 11. The molecule has 0 heterocycles. The summed E-state index contributed by atoms with van der Waals surface area (Å²) in [7, 11) is 0. The van der Waals surface area contributed by atoms with Gasteiger partial charge in [-0.15, -0.1) is 0 Å². The molecule has 0 N–H and O–H groups in total. The number of carbonyl (C=O) groups is 10. The van der Waals surface area contributed by atoms with E-state index in [0.717, 1.165) is 83.0 Å². The van der Waals surface area contributed by atoms with Crippen molar-refractivity contribution < 1.29 is 100 Å². The Bertz CT molecular complexity index is 2660. The zero-order valence-electron chi connectivity index (χ0n) is 62.7. The highest BCUT2D eigenvalue weighted by Gasteiger charge is 2.23. The number of unbranched alkanes of at least 4 members (excludes halogenated alkanes) is 21. The minimum Gasteiger partial charge on any atom is -0.494 e. The average molecular weight is 1450 g/mol. The zero-order valence-corrected chi connectivity index (χ0v) is 62.7. The minimum absolute atomic E-state index is 0.220. The fourth-order valence-electron chi connectivity index (χ4n) is 11.6. The summed E-state index contributed by atoms with van der Waals surface area (Å²) in [5.74, 6) is -0.223. The molecule has 1 aliphatic carbocycles. The molecule has 0 saturated heterocycles. The summed E-state index contributed by atoms with van der Waals surface area (Å²) in [6.07, 6.45) is 32.5. The Kier molecular flexibility index (Phi) is 53.3. The number of hydrogen-bond acceptors (Lipinski definition) is 21. The second-order valence-corrected chi connectivity index (χ2v) is 27.1. The molecule has 0 unspecified atom stereocenters. The van der Waals surface area contributed by atoms with Crippen LogP contribution in [-0.2, 0) is 85.8 Å². The summed E-state index contributed by atoms with van der Waals surface area (Å²) in [4.78, 5) is 121. The molecule has 0 spiro atoms. The van der Waals surface area contributed by atoms with Crippen LogP contribution in [0.1, 0.15) is 318 Å². The van der Waals surface area contributed by atoms with Gasteiger partial charge in [0.2, 0.25) is 0 Å². The van der Waals surface area contributed by atoms with E-state index < -0.39 is 11.9 Å². The van der Waals surface area contributed by atoms with Crippen LogP contribution in [0.2, 0.25) is 0 Å². The number of esters is 10. The third-order valence-electron chi connectivity index (χ3n) is 17.9. The van der Waals surface area contributed by atoms with Crippen LogP contribution in [-0.4, -0.2) is 126 Å². The van der Waals surface area contributed by atoms with Crippen molar-refractivity contribution in [2.75, 3.05) is 66.1 Å². The third kappa shape index (κ3) is 50.7. The first-order valence-corrected chi connectivity index (χ1v) is 39.2. The van der Waals surface area contributed by atoms with Gasteiger partial charge in [-0.25, -0.2) is 9.59 Å². The fraction of sp³-hybridized carbons (Fsp3) is 0.707. The lowest BCUT2D eigenvalue weighted by molar-refractivity contribution is -0.146. The van der Waals surface area contributed by atoms with Gasteiger partial charge in [-0.2, -0.15) is 0 Å². The average Bonchev–Trinajstić information content (AvgIpc) is 0.853. The second-order valence-electron chi connectivity index (χ2n) is 27.1. The van der Waals surface area contributed by atoms with E-state index in [1.165, 1.54) is 56.9 Å². The second kappa shape index (κ2) is 61.0. The molecule has 21 nitrogen and oxygen atoms in total. The lowest BCUT2D eigenvalue weighted by Crippen LogP contribution is -2.13. The Morgan fingerprint density at radius 2 is 0.602 bits per heavy atom. The lowest BCUT2D eigenvalue weighted by atomic mass is 9.77. The lowest BCUT2D eigenvalue weighted by Gasteiger charge is -2.29. The third-order valence-corrected chi connectivity index (χ3v) is 17.9. The van der Waals surface area contributed by atoms with Crippen molar-refractivity contribution in [3.05, 3.63) is 71.8 Å². The smallest absolute Gasteiger partial charge is 0.343 e. The summed E-state index contributed by atoms with van der Waals surface area (Å²) in [6.45, 7) is 10.7. The molecule has 0 amide bonds. The number of benzene rings is 2. The first kappa shape index (κ1) is 89.9. The van der Waals surface area contributed by atoms with E-state index in [0.29, 0.717) is 203 Å². The Morgan fingerprint density at radius 1 is 0.320 bits per heavy atom. The highest BCUT2D eigenvalue weighted by molar-refractivity contribution is 5.91. The van der Waals surface area contributed by atoms with Crippen LogP contribution in [0.3, 0.4) is 0 Å². The topological polar surface area (TPSA) is 272 Å². The largest absolute Gasteiger partial charge is 0.494 e. The van der Waals surface area contributed by atoms with Gasteiger partial charge >= 0.3 is 59.7 Å². The Balaban J connectivity index is 0.972. The molecule has 1 saturated carbocycles. The van der Waals surface area contributed by atoms with Gasteiger partial charge in [-0.3, -0.25) is 38.4 Å². The molecule has 0 bridgehead atoms. The highest BCUT2D eigenvalue weighted by atomic mass is 16.6. The van der Waals surface area contributed by atoms with Crippen LogP contribution in [0.15, 0.2) is 60.7 Å². The number of rotatable bonds is 64. The molecule has 1 aliphatic rings. The summed E-state index contributed by atoms with van der Waals surface area (Å²) < 4.78 is 59.1. The van der Waals surface area contributed by atoms with Crippen LogP contribution in [0.5, 0.6) is 11.5 Å². The molecule has 0 aliphatic heterocycles. The predicted molar refractivity (Wildman–Crippen MR) is 392 cm³/mol. The standard InChI is InChI=1S/C82H126O21/c1-4-5-16-35-67-44-46-68(47-45-67)69-48-54-72(55-49-69)103-82(92)70-50-52-71(53-51-70)93-56-25-6-7-26-57-94-73(83)36-17-8-27-58-95-74(84)37-18-9-28-59-96-75(85)38-19-10-29-60-97-76(86)39-20-11-30-61-98-77(87)40-21-12-31-62-99-78(88)41-22-13-32-63-100-79(89)42-23-14-33-64-101-80(90)43-24-15-34-65-102-81(91)66(2)3/h48-55,67-68H,2,4-47,56-65H2,1,3H3/t67-,68-. The maximum absolute atomic E-state index is 12.8. The van der Waals surface area contributed by atoms with Gasteiger partial charge in [-0.05, 0) is 266 Å². The molecule has 2 aromatic rings. The zero-order chi connectivity index (χ0) is 74.4. The van der Waals surface area contributed by atoms with Crippen molar-refractivity contribution in [2.45, 2.75) is 302 Å². The Morgan fingerprint density at radius 3 is 0.903 bits per heavy atom. The minimum atomic E-state index is -0.409. The summed E-state index contributed by atoms with van der Waals surface area (Å²) >= 11 is 0. The maximum atomic E-state index is 12.8. The maximum Gasteiger partial charge on any atom is 0.343 e. The van der Waals surface area contributed by atoms with E-state index in [1.807, 2.05) is 12.1 Å². The Labute approximate surface area is 614 Å². The first-order valence-electron chi connectivity index (χ1n) is 39.2. The number of hydrogen-bond donors (Lipinski definition) is 0. The molecular formula is C82H126O21. The monoisotopic (exact) mass is 1450 g/mol. The van der Waals surface area contributed by atoms with Crippen molar-refractivity contribution in [1.29, 1.82) is 0 Å². The summed E-state index contributed by atoms with van der Waals surface area (Å²) in [5, 5.41) is 0. The van der Waals surface area contributed by atoms with Crippen LogP contribution < -0.4 is 9.47 Å². The molecule has 0 radical (unpaired) electrons. The molecular weight excluding hydrogens is 1320 g/mol. The molecule has 21 heteroatoms. The van der Waals surface area contributed by atoms with Gasteiger partial charge in [0.05, 0.1) is 71.6 Å². The van der Waals surface area contributed by atoms with Crippen molar-refractivity contribution in [3.8, 4) is 11.5 Å². The van der Waals surface area contributed by atoms with Gasteiger partial charge in [0.15, 0.2) is 0 Å². The van der Waals surface area contributed by atoms with Crippen LogP contribution in [0.25, 0.3) is 0 Å². The predicted octanol–water partition coefficient (Wildman–Crippen LogP) is 17.6. The highest BCUT2D eigenvalue weighted by Crippen LogP contribution is 2.38. The first-order chi connectivity index (χ1) is 50.1. The molecule has 580 valence electrons. The van der Waals surface area contributed by atoms with Gasteiger partial charge in [0, 0.05) is 56.9 Å². The summed E-state index contributed by atoms with van der Waals surface area (Å²) in [6, 6.07) is 15.1. The van der Waals surface area contributed by atoms with E-state index in [-0.39, 0.29) is 93.3 Å². The SMILES string of the molecule is C=C(C)C(=O)OCCCCCC(=O)OCCCCCC(=O)OCCCCCC(=O)OCCCCCC(=O)OCCCCCC(=O)OCCCCCC(=O)OCCCCCC(=O)OCCCCCC(=O)OCCCCCCOc1ccc(C(=O)Oc2ccc([C@H]3CC[C@H](CCCCC)CC3)cc2)cc1.